The summed E-state index contributed by atoms with van der Waals surface area (Å²) in [5.74, 6) is 10.9. The molecule has 2 aliphatic rings. The highest BCUT2D eigenvalue weighted by Gasteiger charge is 2.44. The van der Waals surface area contributed by atoms with Crippen LogP contribution in [0.3, 0.4) is 0 Å². The maximum Gasteiger partial charge on any atom is 0.264 e. The second-order valence-corrected chi connectivity index (χ2v) is 10.7. The first-order valence-electron chi connectivity index (χ1n) is 9.81. The highest BCUT2D eigenvalue weighted by molar-refractivity contribution is 7.92. The number of carbonyl (C=O) groups excluding carboxylic acids is 2. The van der Waals surface area contributed by atoms with Crippen LogP contribution in [0.4, 0.5) is 0 Å². The van der Waals surface area contributed by atoms with Crippen LogP contribution in [0.15, 0.2) is 18.2 Å². The molecule has 2 N–H and O–H groups in total. The van der Waals surface area contributed by atoms with E-state index in [4.69, 9.17) is 5.21 Å². The molecule has 0 radical (unpaired) electrons. The Morgan fingerprint density at radius 1 is 1.32 bits per heavy atom. The topological polar surface area (TPSA) is 107 Å². The molecular weight excluding hydrogens is 418 g/mol. The van der Waals surface area contributed by atoms with Gasteiger partial charge in [-0.3, -0.25) is 14.8 Å². The van der Waals surface area contributed by atoms with Crippen molar-refractivity contribution in [3.05, 3.63) is 34.9 Å². The SMILES string of the molecule is CN1CC(C#CC#Cc2ccc3c(c2)CN(CCC(C)(C(=O)NO)S(C)(=O)=O)C3=O)C1. The number of fused-ring (bicyclic) bond motifs is 1. The van der Waals surface area contributed by atoms with E-state index in [9.17, 15) is 18.0 Å². The molecule has 1 fully saturated rings. The highest BCUT2D eigenvalue weighted by atomic mass is 32.2. The zero-order chi connectivity index (χ0) is 22.8. The van der Waals surface area contributed by atoms with Crippen LogP contribution in [-0.2, 0) is 21.2 Å². The summed E-state index contributed by atoms with van der Waals surface area (Å²) in [6.45, 7) is 3.50. The molecule has 3 rings (SSSR count). The third-order valence-corrected chi connectivity index (χ3v) is 7.88. The Kier molecular flexibility index (Phi) is 6.42. The van der Waals surface area contributed by atoms with E-state index < -0.39 is 20.5 Å². The molecule has 1 aromatic rings. The zero-order valence-electron chi connectivity index (χ0n) is 17.7. The molecule has 0 bridgehead atoms. The van der Waals surface area contributed by atoms with Gasteiger partial charge < -0.3 is 9.80 Å². The summed E-state index contributed by atoms with van der Waals surface area (Å²) in [4.78, 5) is 28.3. The van der Waals surface area contributed by atoms with Gasteiger partial charge in [-0.2, -0.15) is 0 Å². The van der Waals surface area contributed by atoms with Gasteiger partial charge in [0.2, 0.25) is 0 Å². The van der Waals surface area contributed by atoms with Gasteiger partial charge in [-0.25, -0.2) is 13.9 Å². The van der Waals surface area contributed by atoms with E-state index in [1.165, 1.54) is 17.3 Å². The van der Waals surface area contributed by atoms with Crippen molar-refractivity contribution < 1.29 is 23.2 Å². The minimum Gasteiger partial charge on any atom is -0.334 e. The predicted molar refractivity (Wildman–Crippen MR) is 115 cm³/mol. The number of hydrogen-bond donors (Lipinski definition) is 2. The fourth-order valence-electron chi connectivity index (χ4n) is 3.60. The Morgan fingerprint density at radius 3 is 2.65 bits per heavy atom. The Hall–Kier alpha value is -2.85. The molecule has 0 aromatic heterocycles. The first-order chi connectivity index (χ1) is 14.5. The second-order valence-electron chi connectivity index (χ2n) is 8.23. The third-order valence-electron chi connectivity index (χ3n) is 5.85. The van der Waals surface area contributed by atoms with Crippen molar-refractivity contribution in [1.82, 2.24) is 15.3 Å². The summed E-state index contributed by atoms with van der Waals surface area (Å²) in [6, 6.07) is 5.29. The molecule has 164 valence electrons. The average Bonchev–Trinajstić information content (AvgIpc) is 3.01. The maximum atomic E-state index is 12.7. The molecule has 0 spiro atoms. The lowest BCUT2D eigenvalue weighted by Gasteiger charge is -2.32. The molecule has 1 atom stereocenters. The molecule has 2 amide bonds. The number of carbonyl (C=O) groups is 2. The standard InChI is InChI=1S/C22H25N3O5S/c1-22(21(27)23-28,31(3,29)30)10-11-25-15-18-12-16(8-9-19(18)20(25)26)6-4-5-7-17-13-24(2)14-17/h8-9,12,17,28H,10-11,13-15H2,1-3H3,(H,23,27). The average molecular weight is 444 g/mol. The van der Waals surface area contributed by atoms with Gasteiger partial charge in [0.05, 0.1) is 0 Å². The van der Waals surface area contributed by atoms with Gasteiger partial charge in [0.25, 0.3) is 11.8 Å². The van der Waals surface area contributed by atoms with Gasteiger partial charge in [0.1, 0.15) is 0 Å². The van der Waals surface area contributed by atoms with Crippen molar-refractivity contribution in [3.8, 4) is 23.7 Å². The maximum absolute atomic E-state index is 12.7. The van der Waals surface area contributed by atoms with E-state index in [0.29, 0.717) is 18.0 Å². The van der Waals surface area contributed by atoms with Crippen LogP contribution in [-0.4, -0.2) is 72.9 Å². The normalized spacial score (nSPS) is 18.1. The minimum absolute atomic E-state index is 0.0484. The number of amides is 2. The monoisotopic (exact) mass is 443 g/mol. The molecule has 1 saturated heterocycles. The second kappa shape index (κ2) is 8.72. The van der Waals surface area contributed by atoms with E-state index in [1.54, 1.807) is 12.1 Å². The summed E-state index contributed by atoms with van der Waals surface area (Å²) < 4.78 is 22.4. The van der Waals surface area contributed by atoms with E-state index in [-0.39, 0.29) is 18.9 Å². The third kappa shape index (κ3) is 4.75. The molecular formula is C22H25N3O5S. The van der Waals surface area contributed by atoms with Crippen LogP contribution in [0, 0.1) is 29.6 Å². The highest BCUT2D eigenvalue weighted by Crippen LogP contribution is 2.27. The Morgan fingerprint density at radius 2 is 2.03 bits per heavy atom. The summed E-state index contributed by atoms with van der Waals surface area (Å²) >= 11 is 0. The van der Waals surface area contributed by atoms with E-state index in [0.717, 1.165) is 30.5 Å². The van der Waals surface area contributed by atoms with Crippen LogP contribution in [0.1, 0.15) is 34.8 Å². The van der Waals surface area contributed by atoms with Gasteiger partial charge in [-0.1, -0.05) is 11.8 Å². The Labute approximate surface area is 182 Å². The molecule has 2 heterocycles. The number of benzene rings is 1. The fourth-order valence-corrected chi connectivity index (χ4v) is 4.45. The predicted octanol–water partition coefficient (Wildman–Crippen LogP) is 0.258. The smallest absolute Gasteiger partial charge is 0.264 e. The minimum atomic E-state index is -3.82. The first kappa shape index (κ1) is 22.8. The van der Waals surface area contributed by atoms with Crippen LogP contribution < -0.4 is 5.48 Å². The largest absolute Gasteiger partial charge is 0.334 e. The van der Waals surface area contributed by atoms with Crippen LogP contribution >= 0.6 is 0 Å². The summed E-state index contributed by atoms with van der Waals surface area (Å²) in [7, 11) is -1.78. The lowest BCUT2D eigenvalue weighted by molar-refractivity contribution is -0.131. The molecule has 2 aliphatic heterocycles. The number of hydroxylamine groups is 1. The van der Waals surface area contributed by atoms with Gasteiger partial charge in [-0.15, -0.1) is 0 Å². The number of rotatable bonds is 5. The number of hydrogen-bond acceptors (Lipinski definition) is 6. The molecule has 8 nitrogen and oxygen atoms in total. The van der Waals surface area contributed by atoms with Gasteiger partial charge >= 0.3 is 0 Å². The summed E-state index contributed by atoms with van der Waals surface area (Å²) in [5, 5.41) is 8.93. The fraction of sp³-hybridized carbons (Fsp3) is 0.455. The summed E-state index contributed by atoms with van der Waals surface area (Å²) in [6.07, 6.45) is 0.788. The molecule has 1 aromatic carbocycles. The lowest BCUT2D eigenvalue weighted by Crippen LogP contribution is -2.50. The van der Waals surface area contributed by atoms with Crippen molar-refractivity contribution in [3.63, 3.8) is 0 Å². The quantitative estimate of drug-likeness (QED) is 0.384. The lowest BCUT2D eigenvalue weighted by atomic mass is 10.0. The van der Waals surface area contributed by atoms with Crippen LogP contribution in [0.2, 0.25) is 0 Å². The first-order valence-corrected chi connectivity index (χ1v) is 11.7. The van der Waals surface area contributed by atoms with Crippen molar-refractivity contribution in [1.29, 1.82) is 0 Å². The van der Waals surface area contributed by atoms with E-state index in [2.05, 4.69) is 28.6 Å². The van der Waals surface area contributed by atoms with Crippen molar-refractivity contribution in [2.24, 2.45) is 5.92 Å². The Balaban J connectivity index is 1.68. The molecule has 0 saturated carbocycles. The van der Waals surface area contributed by atoms with Crippen molar-refractivity contribution >= 4 is 21.7 Å². The number of nitrogens with one attached hydrogen (secondary N) is 1. The van der Waals surface area contributed by atoms with Gasteiger partial charge in [0, 0.05) is 49.5 Å². The van der Waals surface area contributed by atoms with Gasteiger partial charge in [-0.05, 0) is 56.0 Å². The molecule has 31 heavy (non-hydrogen) atoms. The van der Waals surface area contributed by atoms with E-state index in [1.807, 2.05) is 13.1 Å². The number of nitrogens with zero attached hydrogens (tertiary/aromatic N) is 2. The zero-order valence-corrected chi connectivity index (χ0v) is 18.5. The van der Waals surface area contributed by atoms with Crippen LogP contribution in [0.5, 0.6) is 0 Å². The molecule has 1 unspecified atom stereocenters. The van der Waals surface area contributed by atoms with Crippen molar-refractivity contribution in [2.75, 3.05) is 32.9 Å². The number of sulfone groups is 1. The molecule has 0 aliphatic carbocycles. The number of likely N-dealkylation sites (tertiary alicyclic amines) is 1. The van der Waals surface area contributed by atoms with Gasteiger partial charge in [0.15, 0.2) is 14.6 Å². The van der Waals surface area contributed by atoms with Crippen LogP contribution in [0.25, 0.3) is 0 Å². The van der Waals surface area contributed by atoms with Crippen molar-refractivity contribution in [2.45, 2.75) is 24.6 Å². The van der Waals surface area contributed by atoms with E-state index >= 15 is 0 Å². The molecule has 9 heteroatoms. The Bertz CT molecular complexity index is 1130. The summed E-state index contributed by atoms with van der Waals surface area (Å²) in [5.41, 5.74) is 3.48.